The maximum absolute atomic E-state index is 12.6. The zero-order valence-corrected chi connectivity index (χ0v) is 30.5. The number of halogens is 1. The number of nitrogens with zero attached hydrogens (tertiary/aromatic N) is 1. The lowest BCUT2D eigenvalue weighted by molar-refractivity contribution is -0.0543. The molecule has 0 radical (unpaired) electrons. The Kier molecular flexibility index (Phi) is 16.4. The molecule has 2 rings (SSSR count). The Labute approximate surface area is 273 Å². The third-order valence-corrected chi connectivity index (χ3v) is 14.5. The van der Waals surface area contributed by atoms with Crippen LogP contribution in [0.5, 0.6) is 0 Å². The second kappa shape index (κ2) is 17.7. The molecule has 2 unspecified atom stereocenters. The van der Waals surface area contributed by atoms with Crippen LogP contribution in [-0.2, 0) is 41.1 Å². The predicted molar refractivity (Wildman–Crippen MR) is 171 cm³/mol. The van der Waals surface area contributed by atoms with Crippen molar-refractivity contribution in [2.75, 3.05) is 25.1 Å². The van der Waals surface area contributed by atoms with Gasteiger partial charge >= 0.3 is 29.2 Å². The van der Waals surface area contributed by atoms with Gasteiger partial charge in [-0.3, -0.25) is 18.9 Å². The first kappa shape index (κ1) is 39.8. The predicted octanol–water partition coefficient (Wildman–Crippen LogP) is 3.75. The Hall–Kier alpha value is 0.660. The van der Waals surface area contributed by atoms with Crippen LogP contribution in [-0.4, -0.2) is 71.2 Å². The van der Waals surface area contributed by atoms with Gasteiger partial charge in [0.05, 0.1) is 12.7 Å². The summed E-state index contributed by atoms with van der Waals surface area (Å²) in [5, 5.41) is 0. The molecule has 25 heteroatoms. The van der Waals surface area contributed by atoms with E-state index in [-0.39, 0.29) is 29.3 Å². The van der Waals surface area contributed by atoms with Crippen LogP contribution in [0.15, 0.2) is 15.8 Å². The van der Waals surface area contributed by atoms with Crippen molar-refractivity contribution in [2.45, 2.75) is 50.4 Å². The molecule has 0 aliphatic carbocycles. The molecular weight excluding hydrogens is 832 g/mol. The van der Waals surface area contributed by atoms with E-state index in [1.807, 2.05) is 20.8 Å². The number of aromatic nitrogens is 2. The molecule has 2 heterocycles. The van der Waals surface area contributed by atoms with E-state index in [0.717, 1.165) is 4.57 Å². The van der Waals surface area contributed by atoms with E-state index in [4.69, 9.17) is 28.5 Å². The Balaban J connectivity index is 2.21. The summed E-state index contributed by atoms with van der Waals surface area (Å²) in [6.45, 7) is 5.21. The van der Waals surface area contributed by atoms with Crippen LogP contribution >= 0.6 is 85.0 Å². The Morgan fingerprint density at radius 3 is 2.44 bits per heavy atom. The highest BCUT2D eigenvalue weighted by atomic mass is 127. The molecule has 1 aromatic heterocycles. The normalized spacial score (nSPS) is 22.0. The highest BCUT2D eigenvalue weighted by molar-refractivity contribution is 14.2. The van der Waals surface area contributed by atoms with Crippen molar-refractivity contribution in [1.29, 1.82) is 0 Å². The lowest BCUT2D eigenvalue weighted by Crippen LogP contribution is -2.33. The van der Waals surface area contributed by atoms with Crippen molar-refractivity contribution in [3.63, 3.8) is 0 Å². The van der Waals surface area contributed by atoms with Gasteiger partial charge in [-0.25, -0.2) is 18.5 Å². The quantitative estimate of drug-likeness (QED) is 0.0397. The van der Waals surface area contributed by atoms with Crippen molar-refractivity contribution >= 4 is 85.0 Å². The van der Waals surface area contributed by atoms with E-state index in [1.54, 1.807) is 0 Å². The molecule has 5 N–H and O–H groups in total. The summed E-state index contributed by atoms with van der Waals surface area (Å²) in [5.41, 5.74) is -1.64. The van der Waals surface area contributed by atoms with Crippen LogP contribution in [0, 0.1) is 11.8 Å². The number of rotatable bonds is 16. The number of nitrogens with one attached hydrogen (secondary N) is 1. The minimum Gasteiger partial charge on any atom is -0.364 e. The summed E-state index contributed by atoms with van der Waals surface area (Å²) >= 11 is 2.09. The zero-order chi connectivity index (χ0) is 32.5. The molecule has 246 valence electrons. The number of aromatic amines is 1. The molecule has 0 bridgehead atoms. The van der Waals surface area contributed by atoms with E-state index in [0.29, 0.717) is 5.94 Å². The third kappa shape index (κ3) is 15.9. The van der Waals surface area contributed by atoms with Gasteiger partial charge in [-0.2, -0.15) is 8.62 Å². The summed E-state index contributed by atoms with van der Waals surface area (Å²) in [4.78, 5) is 63.7. The molecule has 0 saturated carbocycles. The van der Waals surface area contributed by atoms with Gasteiger partial charge in [-0.15, -0.1) is 0 Å². The average molecular weight is 861 g/mol. The smallest absolute Gasteiger partial charge is 0.364 e. The molecule has 1 aliphatic heterocycles. The molecule has 43 heavy (non-hydrogen) atoms. The number of hydrogen-bond acceptors (Lipinski definition) is 15. The third-order valence-electron chi connectivity index (χ3n) is 4.49. The molecule has 5 atom stereocenters. The van der Waals surface area contributed by atoms with Crippen LogP contribution in [0.1, 0.15) is 39.0 Å². The highest BCUT2D eigenvalue weighted by Gasteiger charge is 2.43. The zero-order valence-electron chi connectivity index (χ0n) is 22.4. The van der Waals surface area contributed by atoms with Crippen molar-refractivity contribution in [1.82, 2.24) is 9.55 Å². The maximum Gasteiger partial charge on any atom is 0.490 e. The highest BCUT2D eigenvalue weighted by Crippen LogP contribution is 2.66. The van der Waals surface area contributed by atoms with Crippen molar-refractivity contribution in [3.8, 4) is 11.8 Å². The number of H-pyrrole nitrogens is 1. The number of hydrogen-bond donors (Lipinski definition) is 5. The average Bonchev–Trinajstić information content (AvgIpc) is 3.23. The van der Waals surface area contributed by atoms with E-state index < -0.39 is 59.8 Å². The summed E-state index contributed by atoms with van der Waals surface area (Å²) < 4.78 is 64.8. The van der Waals surface area contributed by atoms with Gasteiger partial charge in [0.2, 0.25) is 0 Å². The van der Waals surface area contributed by atoms with Crippen molar-refractivity contribution in [2.24, 2.45) is 0 Å². The van der Waals surface area contributed by atoms with Crippen LogP contribution in [0.4, 0.5) is 0 Å². The second-order valence-electron chi connectivity index (χ2n) is 9.05. The fraction of sp³-hybridized carbons (Fsp3) is 0.667. The van der Waals surface area contributed by atoms with Gasteiger partial charge in [0.1, 0.15) is 36.4 Å². The Morgan fingerprint density at radius 1 is 1.12 bits per heavy atom. The second-order valence-corrected chi connectivity index (χ2v) is 21.5. The molecular formula is C18H28IN2O15P3S4. The summed E-state index contributed by atoms with van der Waals surface area (Å²) in [6, 6.07) is 0. The number of phosphoric ester groups is 1. The largest absolute Gasteiger partial charge is 0.490 e. The van der Waals surface area contributed by atoms with Crippen LogP contribution < -0.4 is 11.2 Å². The van der Waals surface area contributed by atoms with E-state index in [2.05, 4.69) is 46.7 Å². The maximum atomic E-state index is 12.6. The van der Waals surface area contributed by atoms with E-state index in [1.165, 1.54) is 46.5 Å². The summed E-state index contributed by atoms with van der Waals surface area (Å²) in [7, 11) is -10.9. The van der Waals surface area contributed by atoms with E-state index in [9.17, 15) is 33.1 Å². The van der Waals surface area contributed by atoms with Crippen molar-refractivity contribution in [3.05, 3.63) is 32.6 Å². The topological polar surface area (TPSA) is 242 Å². The lowest BCUT2D eigenvalue weighted by Gasteiger charge is -2.22. The lowest BCUT2D eigenvalue weighted by atomic mass is 10.2. The molecule has 17 nitrogen and oxygen atoms in total. The van der Waals surface area contributed by atoms with E-state index >= 15 is 0 Å². The molecule has 0 spiro atoms. The van der Waals surface area contributed by atoms with Gasteiger partial charge in [0, 0.05) is 38.6 Å². The first-order chi connectivity index (χ1) is 19.8. The number of phosphoric acid groups is 3. The summed E-state index contributed by atoms with van der Waals surface area (Å²) in [6.07, 6.45) is -1.91. The molecule has 1 aliphatic rings. The van der Waals surface area contributed by atoms with Gasteiger partial charge in [-0.05, 0) is 7.97 Å². The summed E-state index contributed by atoms with van der Waals surface area (Å²) in [5.74, 6) is 5.80. The molecule has 0 amide bonds. The Bertz CT molecular complexity index is 1410. The first-order valence-electron chi connectivity index (χ1n) is 11.5. The van der Waals surface area contributed by atoms with Crippen LogP contribution in [0.25, 0.3) is 0 Å². The van der Waals surface area contributed by atoms with Crippen LogP contribution in [0.3, 0.4) is 0 Å². The fourth-order valence-corrected chi connectivity index (χ4v) is 9.52. The van der Waals surface area contributed by atoms with Gasteiger partial charge in [-0.1, -0.05) is 65.0 Å². The van der Waals surface area contributed by atoms with Gasteiger partial charge in [0.25, 0.3) is 5.56 Å². The van der Waals surface area contributed by atoms with Crippen LogP contribution in [0.2, 0.25) is 0 Å². The first-order valence-corrected chi connectivity index (χ1v) is 23.2. The minimum absolute atomic E-state index is 0.00170. The van der Waals surface area contributed by atoms with Crippen molar-refractivity contribution < 1.29 is 60.6 Å². The Morgan fingerprint density at radius 2 is 1.81 bits per heavy atom. The molecule has 1 fully saturated rings. The minimum atomic E-state index is -5.73. The molecule has 1 aromatic rings. The fourth-order valence-electron chi connectivity index (χ4n) is 3.05. The number of ether oxygens (including phenoxy) is 3. The molecule has 1 saturated heterocycles. The standard InChI is InChI=1S/C18H28IN2O15P3S4/c1-18(2,3)42-40-11-32-13-7-15(21-8-12(16(22)20-17(21)23)5-4-6-31-10-41-43-19)34-14(13)9-33-38(27,28)36-39(29,30)35-37(24,25)26/h8,13-15H,6-7,9-11H2,1-3H3,(H,27,28)(H,29,30)(H,20,22,23)(H2,24,25,26)/t13-,14-,15-/m1/s1. The van der Waals surface area contributed by atoms with Gasteiger partial charge < -0.3 is 33.8 Å². The monoisotopic (exact) mass is 860 g/mol. The SMILES string of the molecule is CC(C)(C)SSCO[C@@H]1C[C@H](n2cc(C#CCOCSSI)c(=O)[nH]c2=O)O[C@@H]1COP(=O)(O)OP(=O)(O)OP(=O)(O)O. The van der Waals surface area contributed by atoms with Gasteiger partial charge in [0.15, 0.2) is 0 Å². The molecule has 0 aromatic carbocycles.